The summed E-state index contributed by atoms with van der Waals surface area (Å²) in [6, 6.07) is 11.3. The first-order valence-corrected chi connectivity index (χ1v) is 12.7. The minimum Gasteiger partial charge on any atom is -0.362 e. The van der Waals surface area contributed by atoms with Gasteiger partial charge in [-0.2, -0.15) is 0 Å². The molecular weight excluding hydrogens is 468 g/mol. The Labute approximate surface area is 197 Å². The zero-order chi connectivity index (χ0) is 23.6. The van der Waals surface area contributed by atoms with Gasteiger partial charge in [0, 0.05) is 49.7 Å². The van der Waals surface area contributed by atoms with Gasteiger partial charge in [0.25, 0.3) is 5.69 Å². The first kappa shape index (κ1) is 23.5. The SMILES string of the molecule is O=C(CCc1ccc(S(=O)(=O)NC2CC2)cc1)N1CCN(c2ccc(Cl)cc2[N+](=O)[O-])CC1. The van der Waals surface area contributed by atoms with E-state index in [9.17, 15) is 23.3 Å². The van der Waals surface area contributed by atoms with Gasteiger partial charge < -0.3 is 9.80 Å². The first-order chi connectivity index (χ1) is 15.7. The van der Waals surface area contributed by atoms with E-state index < -0.39 is 14.9 Å². The van der Waals surface area contributed by atoms with Crippen LogP contribution < -0.4 is 9.62 Å². The van der Waals surface area contributed by atoms with Crippen LogP contribution in [0.25, 0.3) is 0 Å². The summed E-state index contributed by atoms with van der Waals surface area (Å²) in [4.78, 5) is 27.5. The fourth-order valence-corrected chi connectivity index (χ4v) is 5.31. The van der Waals surface area contributed by atoms with E-state index in [-0.39, 0.29) is 22.5 Å². The Kier molecular flexibility index (Phi) is 6.87. The molecule has 1 N–H and O–H groups in total. The predicted molar refractivity (Wildman–Crippen MR) is 125 cm³/mol. The second kappa shape index (κ2) is 9.66. The first-order valence-electron chi connectivity index (χ1n) is 10.8. The number of carbonyl (C=O) groups is 1. The van der Waals surface area contributed by atoms with Crippen LogP contribution in [0.5, 0.6) is 0 Å². The zero-order valence-corrected chi connectivity index (χ0v) is 19.5. The molecule has 1 saturated heterocycles. The van der Waals surface area contributed by atoms with Crippen molar-refractivity contribution in [1.82, 2.24) is 9.62 Å². The molecule has 2 aliphatic rings. The molecule has 0 bridgehead atoms. The number of nitrogens with one attached hydrogen (secondary N) is 1. The molecule has 33 heavy (non-hydrogen) atoms. The van der Waals surface area contributed by atoms with Crippen molar-refractivity contribution in [3.8, 4) is 0 Å². The van der Waals surface area contributed by atoms with Gasteiger partial charge in [-0.1, -0.05) is 23.7 Å². The lowest BCUT2D eigenvalue weighted by atomic mass is 10.1. The van der Waals surface area contributed by atoms with Crippen LogP contribution in [0.3, 0.4) is 0 Å². The van der Waals surface area contributed by atoms with Crippen LogP contribution in [0.15, 0.2) is 47.4 Å². The van der Waals surface area contributed by atoms with Crippen LogP contribution in [-0.2, 0) is 21.2 Å². The molecule has 2 fully saturated rings. The highest BCUT2D eigenvalue weighted by Gasteiger charge is 2.28. The van der Waals surface area contributed by atoms with Crippen molar-refractivity contribution < 1.29 is 18.1 Å². The molecule has 1 amide bonds. The third-order valence-corrected chi connectivity index (χ3v) is 7.64. The smallest absolute Gasteiger partial charge is 0.294 e. The Hall–Kier alpha value is -2.69. The number of hydrogen-bond donors (Lipinski definition) is 1. The van der Waals surface area contributed by atoms with Crippen molar-refractivity contribution in [2.75, 3.05) is 31.1 Å². The van der Waals surface area contributed by atoms with E-state index in [0.29, 0.717) is 49.7 Å². The highest BCUT2D eigenvalue weighted by Crippen LogP contribution is 2.31. The number of rotatable bonds is 8. The van der Waals surface area contributed by atoms with Gasteiger partial charge in [0.2, 0.25) is 15.9 Å². The molecule has 2 aromatic rings. The van der Waals surface area contributed by atoms with E-state index in [1.165, 1.54) is 6.07 Å². The van der Waals surface area contributed by atoms with Crippen molar-refractivity contribution in [3.05, 3.63) is 63.2 Å². The van der Waals surface area contributed by atoms with Gasteiger partial charge in [-0.25, -0.2) is 13.1 Å². The maximum atomic E-state index is 12.7. The highest BCUT2D eigenvalue weighted by atomic mass is 35.5. The van der Waals surface area contributed by atoms with Crippen molar-refractivity contribution in [1.29, 1.82) is 0 Å². The summed E-state index contributed by atoms with van der Waals surface area (Å²) in [5, 5.41) is 11.7. The van der Waals surface area contributed by atoms with Crippen LogP contribution in [0, 0.1) is 10.1 Å². The predicted octanol–water partition coefficient (Wildman–Crippen LogP) is 2.97. The molecule has 11 heteroatoms. The van der Waals surface area contributed by atoms with Gasteiger partial charge >= 0.3 is 0 Å². The van der Waals surface area contributed by atoms with Crippen LogP contribution in [0.2, 0.25) is 5.02 Å². The molecule has 1 aliphatic carbocycles. The quantitative estimate of drug-likeness (QED) is 0.447. The number of piperazine rings is 1. The number of anilines is 1. The molecule has 0 atom stereocenters. The Morgan fingerprint density at radius 1 is 1.09 bits per heavy atom. The molecule has 1 aliphatic heterocycles. The molecule has 0 aromatic heterocycles. The average molecular weight is 493 g/mol. The van der Waals surface area contributed by atoms with Crippen molar-refractivity contribution in [3.63, 3.8) is 0 Å². The lowest BCUT2D eigenvalue weighted by Gasteiger charge is -2.36. The fraction of sp³-hybridized carbons (Fsp3) is 0.409. The minimum absolute atomic E-state index is 0.00681. The zero-order valence-electron chi connectivity index (χ0n) is 17.9. The van der Waals surface area contributed by atoms with E-state index in [1.54, 1.807) is 41.3 Å². The monoisotopic (exact) mass is 492 g/mol. The van der Waals surface area contributed by atoms with E-state index >= 15 is 0 Å². The second-order valence-corrected chi connectivity index (χ2v) is 10.4. The summed E-state index contributed by atoms with van der Waals surface area (Å²) in [5.41, 5.74) is 1.35. The topological polar surface area (TPSA) is 113 Å². The normalized spacial score (nSPS) is 16.6. The fourth-order valence-electron chi connectivity index (χ4n) is 3.84. The molecule has 9 nitrogen and oxygen atoms in total. The summed E-state index contributed by atoms with van der Waals surface area (Å²) >= 11 is 5.89. The Bertz CT molecular complexity index is 1140. The lowest BCUT2D eigenvalue weighted by Crippen LogP contribution is -2.49. The molecule has 176 valence electrons. The number of benzene rings is 2. The van der Waals surface area contributed by atoms with E-state index in [4.69, 9.17) is 11.6 Å². The number of aryl methyl sites for hydroxylation is 1. The number of nitro groups is 1. The molecule has 0 radical (unpaired) electrons. The van der Waals surface area contributed by atoms with Crippen LogP contribution in [-0.4, -0.2) is 56.4 Å². The number of halogens is 1. The van der Waals surface area contributed by atoms with E-state index in [1.807, 2.05) is 4.90 Å². The maximum absolute atomic E-state index is 12.7. The number of sulfonamides is 1. The molecule has 0 spiro atoms. The molecular formula is C22H25ClN4O5S. The van der Waals surface area contributed by atoms with Gasteiger partial charge in [0.1, 0.15) is 5.69 Å². The van der Waals surface area contributed by atoms with Crippen molar-refractivity contribution >= 4 is 38.9 Å². The number of nitrogens with zero attached hydrogens (tertiary/aromatic N) is 3. The number of carbonyl (C=O) groups excluding carboxylic acids is 1. The third kappa shape index (κ3) is 5.82. The summed E-state index contributed by atoms with van der Waals surface area (Å²) in [6.45, 7) is 1.94. The van der Waals surface area contributed by atoms with Crippen molar-refractivity contribution in [2.24, 2.45) is 0 Å². The van der Waals surface area contributed by atoms with Gasteiger partial charge in [-0.3, -0.25) is 14.9 Å². The van der Waals surface area contributed by atoms with E-state index in [0.717, 1.165) is 18.4 Å². The maximum Gasteiger partial charge on any atom is 0.294 e. The minimum atomic E-state index is -3.48. The molecule has 1 heterocycles. The summed E-state index contributed by atoms with van der Waals surface area (Å²) in [7, 11) is -3.48. The largest absolute Gasteiger partial charge is 0.362 e. The Morgan fingerprint density at radius 2 is 1.76 bits per heavy atom. The average Bonchev–Trinajstić information content (AvgIpc) is 3.61. The van der Waals surface area contributed by atoms with Crippen molar-refractivity contribution in [2.45, 2.75) is 36.6 Å². The second-order valence-electron chi connectivity index (χ2n) is 8.30. The molecule has 1 saturated carbocycles. The number of amides is 1. The standard InChI is InChI=1S/C22H25ClN4O5S/c23-17-4-9-20(21(15-17)27(29)30)25-11-13-26(14-12-25)22(28)10-3-16-1-7-19(8-2-16)33(31,32)24-18-5-6-18/h1-2,4,7-9,15,18,24H,3,5-6,10-14H2. The highest BCUT2D eigenvalue weighted by molar-refractivity contribution is 7.89. The Morgan fingerprint density at radius 3 is 2.36 bits per heavy atom. The van der Waals surface area contributed by atoms with E-state index in [2.05, 4.69) is 4.72 Å². The summed E-state index contributed by atoms with van der Waals surface area (Å²) < 4.78 is 27.2. The molecule has 2 aromatic carbocycles. The molecule has 4 rings (SSSR count). The number of nitro benzene ring substituents is 1. The molecule has 0 unspecified atom stereocenters. The Balaban J connectivity index is 1.29. The summed E-state index contributed by atoms with van der Waals surface area (Å²) in [5.74, 6) is 0.00681. The van der Waals surface area contributed by atoms with Gasteiger partial charge in [0.05, 0.1) is 9.82 Å². The summed E-state index contributed by atoms with van der Waals surface area (Å²) in [6.07, 6.45) is 2.58. The van der Waals surface area contributed by atoms with Gasteiger partial charge in [0.15, 0.2) is 0 Å². The third-order valence-electron chi connectivity index (χ3n) is 5.87. The van der Waals surface area contributed by atoms with Crippen LogP contribution in [0.4, 0.5) is 11.4 Å². The van der Waals surface area contributed by atoms with Crippen LogP contribution in [0.1, 0.15) is 24.8 Å². The van der Waals surface area contributed by atoms with Gasteiger partial charge in [-0.05, 0) is 49.1 Å². The number of hydrogen-bond acceptors (Lipinski definition) is 6. The van der Waals surface area contributed by atoms with Crippen LogP contribution >= 0.6 is 11.6 Å². The lowest BCUT2D eigenvalue weighted by molar-refractivity contribution is -0.384. The van der Waals surface area contributed by atoms with Gasteiger partial charge in [-0.15, -0.1) is 0 Å².